The number of methoxy groups -OCH3 is 1. The van der Waals surface area contributed by atoms with Crippen molar-refractivity contribution < 1.29 is 9.53 Å². The fourth-order valence-electron chi connectivity index (χ4n) is 4.18. The summed E-state index contributed by atoms with van der Waals surface area (Å²) in [4.78, 5) is 15.0. The third kappa shape index (κ3) is 4.50. The molecule has 35 heavy (non-hydrogen) atoms. The Morgan fingerprint density at radius 2 is 1.66 bits per heavy atom. The molecule has 0 saturated heterocycles. The second kappa shape index (κ2) is 9.42. The van der Waals surface area contributed by atoms with Crippen LogP contribution in [0.3, 0.4) is 0 Å². The Hall–Kier alpha value is -4.46. The average molecular weight is 467 g/mol. The lowest BCUT2D eigenvalue weighted by Gasteiger charge is -2.32. The van der Waals surface area contributed by atoms with Gasteiger partial charge in [0.1, 0.15) is 18.3 Å². The fourth-order valence-corrected chi connectivity index (χ4v) is 4.18. The number of hydrogen-bond donors (Lipinski definition) is 1. The first-order valence-corrected chi connectivity index (χ1v) is 11.4. The molecule has 2 heterocycles. The molecule has 8 heteroatoms. The van der Waals surface area contributed by atoms with Gasteiger partial charge in [0, 0.05) is 0 Å². The number of benzene rings is 3. The summed E-state index contributed by atoms with van der Waals surface area (Å²) in [6.07, 6.45) is 2.11. The van der Waals surface area contributed by atoms with Gasteiger partial charge in [-0.3, -0.25) is 9.69 Å². The highest BCUT2D eigenvalue weighted by Crippen LogP contribution is 2.36. The lowest BCUT2D eigenvalue weighted by molar-refractivity contribution is -0.114. The van der Waals surface area contributed by atoms with E-state index >= 15 is 0 Å². The minimum Gasteiger partial charge on any atom is -0.495 e. The summed E-state index contributed by atoms with van der Waals surface area (Å²) in [6.45, 7) is 4.13. The molecule has 0 aliphatic carbocycles. The van der Waals surface area contributed by atoms with Gasteiger partial charge in [-0.2, -0.15) is 4.68 Å². The molecule has 0 fully saturated rings. The number of aryl methyl sites for hydroxylation is 2. The van der Waals surface area contributed by atoms with E-state index in [1.54, 1.807) is 23.9 Å². The normalized spacial score (nSPS) is 14.8. The Labute approximate surface area is 203 Å². The molecule has 1 atom stereocenters. The van der Waals surface area contributed by atoms with E-state index < -0.39 is 0 Å². The number of fused-ring (bicyclic) bond motifs is 1. The van der Waals surface area contributed by atoms with Gasteiger partial charge >= 0.3 is 0 Å². The summed E-state index contributed by atoms with van der Waals surface area (Å²) in [5.74, 6) is 0.887. The van der Waals surface area contributed by atoms with Crippen LogP contribution in [0.4, 0.5) is 11.6 Å². The SMILES string of the molecule is COc1ccccc1NC(=O)CN1C(c2ccc(C)cc2)=CC(c2ccc(C)cc2)n2nnnc21. The quantitative estimate of drug-likeness (QED) is 0.454. The van der Waals surface area contributed by atoms with Crippen LogP contribution in [0.25, 0.3) is 5.70 Å². The Morgan fingerprint density at radius 3 is 2.37 bits per heavy atom. The molecular formula is C27H26N6O2. The molecule has 1 amide bonds. The second-order valence-corrected chi connectivity index (χ2v) is 8.53. The first-order valence-electron chi connectivity index (χ1n) is 11.4. The van der Waals surface area contributed by atoms with Crippen molar-refractivity contribution in [3.8, 4) is 5.75 Å². The number of nitrogens with zero attached hydrogens (tertiary/aromatic N) is 5. The number of carbonyl (C=O) groups is 1. The first kappa shape index (κ1) is 22.3. The van der Waals surface area contributed by atoms with Gasteiger partial charge in [-0.25, -0.2) is 0 Å². The van der Waals surface area contributed by atoms with E-state index in [0.29, 0.717) is 17.4 Å². The lowest BCUT2D eigenvalue weighted by Crippen LogP contribution is -2.37. The van der Waals surface area contributed by atoms with Gasteiger partial charge in [0.2, 0.25) is 5.91 Å². The predicted octanol–water partition coefficient (Wildman–Crippen LogP) is 4.39. The number of tetrazole rings is 1. The second-order valence-electron chi connectivity index (χ2n) is 8.53. The van der Waals surface area contributed by atoms with E-state index in [0.717, 1.165) is 22.4 Å². The molecule has 8 nitrogen and oxygen atoms in total. The molecule has 4 aromatic rings. The first-order chi connectivity index (χ1) is 17.0. The third-order valence-corrected chi connectivity index (χ3v) is 6.04. The summed E-state index contributed by atoms with van der Waals surface area (Å²) in [6, 6.07) is 23.7. The van der Waals surface area contributed by atoms with E-state index in [2.05, 4.69) is 82.4 Å². The topological polar surface area (TPSA) is 85.2 Å². The molecule has 1 unspecified atom stereocenters. The molecule has 0 spiro atoms. The van der Waals surface area contributed by atoms with Gasteiger partial charge in [0.25, 0.3) is 5.95 Å². The van der Waals surface area contributed by atoms with Crippen LogP contribution in [0.1, 0.15) is 28.3 Å². The van der Waals surface area contributed by atoms with Gasteiger partial charge in [-0.05, 0) is 53.6 Å². The lowest BCUT2D eigenvalue weighted by atomic mass is 9.99. The molecule has 0 radical (unpaired) electrons. The van der Waals surface area contributed by atoms with Crippen molar-refractivity contribution in [1.82, 2.24) is 20.2 Å². The zero-order chi connectivity index (χ0) is 24.4. The van der Waals surface area contributed by atoms with Crippen molar-refractivity contribution in [3.63, 3.8) is 0 Å². The van der Waals surface area contributed by atoms with Crippen molar-refractivity contribution >= 4 is 23.2 Å². The van der Waals surface area contributed by atoms with Crippen molar-refractivity contribution in [2.24, 2.45) is 0 Å². The van der Waals surface area contributed by atoms with Crippen molar-refractivity contribution in [3.05, 3.63) is 101 Å². The van der Waals surface area contributed by atoms with Gasteiger partial charge < -0.3 is 10.1 Å². The van der Waals surface area contributed by atoms with Crippen LogP contribution in [0.2, 0.25) is 0 Å². The number of carbonyl (C=O) groups excluding carboxylic acids is 1. The molecule has 5 rings (SSSR count). The predicted molar refractivity (Wildman–Crippen MR) is 135 cm³/mol. The molecule has 1 N–H and O–H groups in total. The molecule has 1 aromatic heterocycles. The minimum absolute atomic E-state index is 0.0265. The number of hydrogen-bond acceptors (Lipinski definition) is 6. The number of anilines is 2. The van der Waals surface area contributed by atoms with E-state index in [-0.39, 0.29) is 18.5 Å². The Balaban J connectivity index is 1.53. The number of allylic oxidation sites excluding steroid dienone is 1. The largest absolute Gasteiger partial charge is 0.495 e. The third-order valence-electron chi connectivity index (χ3n) is 6.04. The molecular weight excluding hydrogens is 440 g/mol. The van der Waals surface area contributed by atoms with Crippen LogP contribution < -0.4 is 15.0 Å². The number of aromatic nitrogens is 4. The van der Waals surface area contributed by atoms with Crippen molar-refractivity contribution in [2.45, 2.75) is 19.9 Å². The average Bonchev–Trinajstić information content (AvgIpc) is 3.36. The van der Waals surface area contributed by atoms with Crippen LogP contribution in [0, 0.1) is 13.8 Å². The van der Waals surface area contributed by atoms with Gasteiger partial charge in [-0.1, -0.05) is 76.9 Å². The summed E-state index contributed by atoms with van der Waals surface area (Å²) >= 11 is 0. The van der Waals surface area contributed by atoms with Crippen LogP contribution in [-0.4, -0.2) is 39.8 Å². The number of ether oxygens (including phenoxy) is 1. The summed E-state index contributed by atoms with van der Waals surface area (Å²) in [5.41, 5.74) is 5.85. The number of nitrogens with one attached hydrogen (secondary N) is 1. The van der Waals surface area contributed by atoms with E-state index in [1.165, 1.54) is 5.56 Å². The maximum Gasteiger partial charge on any atom is 0.251 e. The number of para-hydroxylation sites is 2. The van der Waals surface area contributed by atoms with Gasteiger partial charge in [0.15, 0.2) is 0 Å². The van der Waals surface area contributed by atoms with Crippen LogP contribution in [0.5, 0.6) is 5.75 Å². The van der Waals surface area contributed by atoms with Crippen molar-refractivity contribution in [1.29, 1.82) is 0 Å². The molecule has 3 aromatic carbocycles. The van der Waals surface area contributed by atoms with Crippen LogP contribution >= 0.6 is 0 Å². The van der Waals surface area contributed by atoms with E-state index in [1.807, 2.05) is 24.0 Å². The van der Waals surface area contributed by atoms with E-state index in [4.69, 9.17) is 4.74 Å². The molecule has 176 valence electrons. The molecule has 1 aliphatic heterocycles. The Morgan fingerprint density at radius 1 is 0.971 bits per heavy atom. The highest BCUT2D eigenvalue weighted by Gasteiger charge is 2.32. The molecule has 1 aliphatic rings. The highest BCUT2D eigenvalue weighted by atomic mass is 16.5. The molecule has 0 bridgehead atoms. The summed E-state index contributed by atoms with van der Waals surface area (Å²) in [5, 5.41) is 15.5. The maximum atomic E-state index is 13.2. The highest BCUT2D eigenvalue weighted by molar-refractivity contribution is 5.98. The monoisotopic (exact) mass is 466 g/mol. The summed E-state index contributed by atoms with van der Waals surface area (Å²) in [7, 11) is 1.58. The van der Waals surface area contributed by atoms with Crippen LogP contribution in [0.15, 0.2) is 78.9 Å². The van der Waals surface area contributed by atoms with Crippen LogP contribution in [-0.2, 0) is 4.79 Å². The minimum atomic E-state index is -0.212. The van der Waals surface area contributed by atoms with E-state index in [9.17, 15) is 4.79 Å². The zero-order valence-corrected chi connectivity index (χ0v) is 19.8. The van der Waals surface area contributed by atoms with Gasteiger partial charge in [0.05, 0.1) is 18.5 Å². The summed E-state index contributed by atoms with van der Waals surface area (Å²) < 4.78 is 7.13. The zero-order valence-electron chi connectivity index (χ0n) is 19.8. The van der Waals surface area contributed by atoms with Crippen molar-refractivity contribution in [2.75, 3.05) is 23.9 Å². The Bertz CT molecular complexity index is 1380. The number of rotatable bonds is 6. The maximum absolute atomic E-state index is 13.2. The standard InChI is InChI=1S/C27H26N6O2/c1-18-8-12-20(13-9-18)23-16-24(21-14-10-19(2)11-15-21)33-27(29-30-31-33)32(23)17-26(34)28-22-6-4-5-7-25(22)35-3/h4-16,24H,17H2,1-3H3,(H,28,34). The molecule has 0 saturated carbocycles. The number of amides is 1. The fraction of sp³-hybridized carbons (Fsp3) is 0.185. The Kier molecular flexibility index (Phi) is 6.01. The smallest absolute Gasteiger partial charge is 0.251 e. The van der Waals surface area contributed by atoms with Gasteiger partial charge in [-0.15, -0.1) is 0 Å².